The fraction of sp³-hybridized carbons (Fsp3) is 0.519. The number of carbonyl (C=O) groups is 5. The van der Waals surface area contributed by atoms with Gasteiger partial charge in [-0.3, -0.25) is 38.2 Å². The van der Waals surface area contributed by atoms with Gasteiger partial charge in [0.15, 0.2) is 5.78 Å². The third-order valence-electron chi connectivity index (χ3n) is 22.1. The van der Waals surface area contributed by atoms with Gasteiger partial charge >= 0.3 is 0 Å². The summed E-state index contributed by atoms with van der Waals surface area (Å²) in [5.41, 5.74) is 8.48. The van der Waals surface area contributed by atoms with E-state index in [0.29, 0.717) is 51.0 Å². The number of unbranched alkanes of at least 4 members (excludes halogenated alkanes) is 2. The smallest absolute Gasteiger partial charge is 0.246 e. The summed E-state index contributed by atoms with van der Waals surface area (Å²) in [5.74, 6) is -0.421. The second kappa shape index (κ2) is 36.2. The highest BCUT2D eigenvalue weighted by Crippen LogP contribution is 2.39. The first-order valence-electron chi connectivity index (χ1n) is 37.4. The van der Waals surface area contributed by atoms with E-state index in [2.05, 4.69) is 132 Å². The molecule has 4 aliphatic rings. The molecule has 0 bridgehead atoms. The number of likely N-dealkylation sites (N-methyl/N-ethyl adjacent to an activating group) is 1. The average molecular weight is 1340 g/mol. The van der Waals surface area contributed by atoms with Crippen molar-refractivity contribution in [2.45, 2.75) is 229 Å². The summed E-state index contributed by atoms with van der Waals surface area (Å²) >= 11 is 0. The monoisotopic (exact) mass is 1340 g/mol. The fourth-order valence-corrected chi connectivity index (χ4v) is 16.2. The zero-order chi connectivity index (χ0) is 68.9. The number of nitrogens with zero attached hydrogens (tertiary/aromatic N) is 8. The Hall–Kier alpha value is -8.19. The number of hydrogen-bond acceptors (Lipinski definition) is 12. The Morgan fingerprint density at radius 3 is 1.73 bits per heavy atom. The standard InChI is InChI=1S/C81H107N13O5/c1-5-61(6-2)78(96)86-77-64(36-24-31-57-25-12-8-13-26-57)41-44-67-46-47-73(94(67)81(77)99)75(95)51-68(62-32-16-10-17-33-62)71-54-91(89-87-71)49-22-20-27-58-37-39-59(40-38-58)28-21-23-50-92-55-72(88-90-92)76(63-34-18-11-19-35-63)85-80(98)74-48-45-66-43-42-65(53-83-52-60-29-14-9-15-30-60)70(56-93(66)74)84-79(97)69(7-3)82-4/h8-19,25-26,29-30,32-35,37-40,54-55,61,64-70,73-74,76-77,82-83H,5-7,20-24,27-28,31,36,41-53,56H2,1-4H3,(H,84,97)(H,85,98)(H,86,96)/t64-,65+,66-,67-,68-,69-,70+,73-,74-,76-,77-/m0/s1. The van der Waals surface area contributed by atoms with Crippen molar-refractivity contribution in [2.75, 3.05) is 20.1 Å². The van der Waals surface area contributed by atoms with Gasteiger partial charge in [0.25, 0.3) is 0 Å². The summed E-state index contributed by atoms with van der Waals surface area (Å²) in [5, 5.41) is 35.6. The van der Waals surface area contributed by atoms with Crippen molar-refractivity contribution in [3.63, 3.8) is 0 Å². The topological polar surface area (TPSA) is 213 Å². The van der Waals surface area contributed by atoms with E-state index in [-0.39, 0.29) is 89.7 Å². The molecule has 6 heterocycles. The van der Waals surface area contributed by atoms with Gasteiger partial charge in [0.2, 0.25) is 23.6 Å². The molecule has 0 spiro atoms. The van der Waals surface area contributed by atoms with Crippen LogP contribution in [-0.2, 0) is 62.9 Å². The molecular weight excluding hydrogens is 1230 g/mol. The lowest BCUT2D eigenvalue weighted by atomic mass is 9.86. The van der Waals surface area contributed by atoms with E-state index in [4.69, 9.17) is 5.10 Å². The van der Waals surface area contributed by atoms with Crippen LogP contribution in [0.2, 0.25) is 0 Å². The van der Waals surface area contributed by atoms with Crippen LogP contribution in [0, 0.1) is 17.8 Å². The molecule has 11 rings (SSSR count). The molecule has 18 nitrogen and oxygen atoms in total. The molecule has 18 heteroatoms. The predicted octanol–water partition coefficient (Wildman–Crippen LogP) is 11.4. The van der Waals surface area contributed by atoms with E-state index >= 15 is 0 Å². The van der Waals surface area contributed by atoms with Gasteiger partial charge in [-0.25, -0.2) is 0 Å². The van der Waals surface area contributed by atoms with Gasteiger partial charge in [-0.1, -0.05) is 177 Å². The number of fused-ring (bicyclic) bond motifs is 2. The molecule has 5 N–H and O–H groups in total. The number of nitrogens with one attached hydrogen (secondary N) is 5. The van der Waals surface area contributed by atoms with Crippen LogP contribution in [0.3, 0.4) is 0 Å². The van der Waals surface area contributed by atoms with Crippen molar-refractivity contribution < 1.29 is 24.0 Å². The van der Waals surface area contributed by atoms with Crippen molar-refractivity contribution >= 4 is 29.4 Å². The molecule has 4 saturated heterocycles. The van der Waals surface area contributed by atoms with Gasteiger partial charge in [-0.15, -0.1) is 10.2 Å². The number of Topliss-reactive ketones (excluding diaryl/α,β-unsaturated/α-hetero) is 1. The van der Waals surface area contributed by atoms with Crippen molar-refractivity contribution in [1.82, 2.24) is 66.4 Å². The van der Waals surface area contributed by atoms with E-state index < -0.39 is 18.1 Å². The summed E-state index contributed by atoms with van der Waals surface area (Å²) in [6.07, 6.45) is 21.3. The molecule has 0 radical (unpaired) electrons. The van der Waals surface area contributed by atoms with Crippen LogP contribution in [0.5, 0.6) is 0 Å². The van der Waals surface area contributed by atoms with Crippen LogP contribution in [0.15, 0.2) is 158 Å². The van der Waals surface area contributed by atoms with E-state index in [1.807, 2.05) is 115 Å². The largest absolute Gasteiger partial charge is 0.350 e. The summed E-state index contributed by atoms with van der Waals surface area (Å²) in [6.45, 7) is 9.63. The number of hydrogen-bond donors (Lipinski definition) is 5. The van der Waals surface area contributed by atoms with E-state index in [1.54, 1.807) is 0 Å². The minimum atomic E-state index is -0.657. The van der Waals surface area contributed by atoms with Gasteiger partial charge in [0, 0.05) is 75.3 Å². The second-order valence-electron chi connectivity index (χ2n) is 28.5. The van der Waals surface area contributed by atoms with Crippen LogP contribution in [-0.4, -0.2) is 132 Å². The minimum absolute atomic E-state index is 0.000250. The lowest BCUT2D eigenvalue weighted by Crippen LogP contribution is -2.56. The number of amides is 4. The van der Waals surface area contributed by atoms with Gasteiger partial charge in [0.05, 0.1) is 36.1 Å². The highest BCUT2D eigenvalue weighted by Gasteiger charge is 2.48. The Morgan fingerprint density at radius 2 is 1.09 bits per heavy atom. The first kappa shape index (κ1) is 72.1. The zero-order valence-corrected chi connectivity index (χ0v) is 58.9. The summed E-state index contributed by atoms with van der Waals surface area (Å²) in [6, 6.07) is 47.8. The second-order valence-corrected chi connectivity index (χ2v) is 28.5. The molecule has 2 aromatic heterocycles. The number of aryl methyl sites for hydroxylation is 5. The van der Waals surface area contributed by atoms with Gasteiger partial charge < -0.3 is 31.5 Å². The third-order valence-corrected chi connectivity index (χ3v) is 22.1. The molecule has 7 aromatic rings. The molecule has 0 aliphatic carbocycles. The number of carbonyl (C=O) groups excluding carboxylic acids is 5. The maximum absolute atomic E-state index is 15.0. The minimum Gasteiger partial charge on any atom is -0.350 e. The molecule has 0 unspecified atom stereocenters. The maximum Gasteiger partial charge on any atom is 0.246 e. The van der Waals surface area contributed by atoms with Crippen LogP contribution in [0.4, 0.5) is 0 Å². The number of aromatic nitrogens is 6. The lowest BCUT2D eigenvalue weighted by molar-refractivity contribution is -0.143. The average Bonchev–Trinajstić information content (AvgIpc) is 1.66. The third kappa shape index (κ3) is 19.2. The summed E-state index contributed by atoms with van der Waals surface area (Å²) in [4.78, 5) is 76.2. The normalized spacial score (nSPS) is 21.8. The quantitative estimate of drug-likeness (QED) is 0.0235. The number of ketones is 1. The summed E-state index contributed by atoms with van der Waals surface area (Å²) < 4.78 is 3.81. The van der Waals surface area contributed by atoms with E-state index in [1.165, 1.54) is 22.3 Å². The van der Waals surface area contributed by atoms with E-state index in [9.17, 15) is 24.0 Å². The number of benzene rings is 5. The molecule has 99 heavy (non-hydrogen) atoms. The van der Waals surface area contributed by atoms with Crippen LogP contribution < -0.4 is 26.6 Å². The molecule has 11 atom stereocenters. The van der Waals surface area contributed by atoms with Gasteiger partial charge in [-0.05, 0) is 181 Å². The zero-order valence-electron chi connectivity index (χ0n) is 58.9. The SMILES string of the molecule is CCC(CC)C(=O)N[C@@H]1C(=O)N2[C@@H](CC[C@@H]1CCCc1ccccc1)CC[C@H]2C(=O)C[C@@H](c1ccccc1)c1cn(CCCCc2ccc(CCCCn3cc([C@@H](NC(=O)[C@@H]4CC[C@@H]5CC[C@H](CNCc6ccccc6)[C@H](NC(=O)[C@H](CC)NC)CN54)c4ccccc4)nn3)cc2)nn1. The predicted molar refractivity (Wildman–Crippen MR) is 388 cm³/mol. The molecule has 4 aliphatic heterocycles. The first-order valence-corrected chi connectivity index (χ1v) is 37.4. The molecule has 4 amide bonds. The van der Waals surface area contributed by atoms with Crippen molar-refractivity contribution in [1.29, 1.82) is 0 Å². The molecule has 4 fully saturated rings. The highest BCUT2D eigenvalue weighted by atomic mass is 16.2. The van der Waals surface area contributed by atoms with E-state index in [0.717, 1.165) is 133 Å². The van der Waals surface area contributed by atoms with Crippen molar-refractivity contribution in [3.05, 3.63) is 203 Å². The molecular formula is C81H107N13O5. The Kier molecular flexibility index (Phi) is 26.4. The van der Waals surface area contributed by atoms with Crippen LogP contribution in [0.1, 0.15) is 193 Å². The van der Waals surface area contributed by atoms with Gasteiger partial charge in [0.1, 0.15) is 11.7 Å². The Bertz CT molecular complexity index is 3640. The Labute approximate surface area is 587 Å². The Balaban J connectivity index is 0.644. The Morgan fingerprint density at radius 1 is 0.545 bits per heavy atom. The molecule has 5 aromatic carbocycles. The maximum atomic E-state index is 15.0. The number of rotatable bonds is 35. The fourth-order valence-electron chi connectivity index (χ4n) is 16.2. The summed E-state index contributed by atoms with van der Waals surface area (Å²) in [7, 11) is 1.84. The molecule has 526 valence electrons. The highest BCUT2D eigenvalue weighted by molar-refractivity contribution is 5.94. The van der Waals surface area contributed by atoms with Crippen molar-refractivity contribution in [2.24, 2.45) is 17.8 Å². The van der Waals surface area contributed by atoms with Crippen molar-refractivity contribution in [3.8, 4) is 0 Å². The van der Waals surface area contributed by atoms with Crippen LogP contribution in [0.25, 0.3) is 0 Å². The van der Waals surface area contributed by atoms with Gasteiger partial charge in [-0.2, -0.15) is 0 Å². The lowest BCUT2D eigenvalue weighted by Gasteiger charge is -2.33. The molecule has 0 saturated carbocycles. The first-order chi connectivity index (χ1) is 48.5. The van der Waals surface area contributed by atoms with Crippen LogP contribution >= 0.6 is 0 Å².